The summed E-state index contributed by atoms with van der Waals surface area (Å²) in [5, 5.41) is 4.36. The molecule has 0 aliphatic rings. The van der Waals surface area contributed by atoms with E-state index in [1.54, 1.807) is 0 Å². The monoisotopic (exact) mass is 809 g/mol. The van der Waals surface area contributed by atoms with E-state index < -0.39 is 0 Å². The van der Waals surface area contributed by atoms with Gasteiger partial charge < -0.3 is 4.42 Å². The van der Waals surface area contributed by atoms with Crippen LogP contribution in [-0.2, 0) is 0 Å². The van der Waals surface area contributed by atoms with Crippen molar-refractivity contribution in [2.45, 2.75) is 0 Å². The van der Waals surface area contributed by atoms with E-state index in [1.165, 1.54) is 26.1 Å². The van der Waals surface area contributed by atoms with Crippen molar-refractivity contribution in [1.29, 1.82) is 0 Å². The lowest BCUT2D eigenvalue weighted by Gasteiger charge is -2.12. The molecule has 0 aliphatic heterocycles. The predicted octanol–water partition coefficient (Wildman–Crippen LogP) is 15.8. The highest BCUT2D eigenvalue weighted by molar-refractivity contribution is 7.27. The Hall–Kier alpha value is -7.99. The molecule has 0 saturated carbocycles. The Morgan fingerprint density at radius 2 is 0.823 bits per heavy atom. The summed E-state index contributed by atoms with van der Waals surface area (Å²) >= 11 is 1.84. The molecule has 0 aliphatic carbocycles. The zero-order valence-corrected chi connectivity index (χ0v) is 34.2. The summed E-state index contributed by atoms with van der Waals surface area (Å²) < 4.78 is 8.98. The van der Waals surface area contributed by atoms with Crippen molar-refractivity contribution in [2.24, 2.45) is 0 Å². The summed E-state index contributed by atoms with van der Waals surface area (Å²) in [4.78, 5) is 16.0. The maximum Gasteiger partial charge on any atom is 0.167 e. The van der Waals surface area contributed by atoms with Crippen LogP contribution in [0.25, 0.3) is 121 Å². The standard InChI is InChI=1S/C57H35N3OS/c1-5-16-36(17-6-1)38-28-30-41(31-29-38)55-58-56(60-57(59-55)47-26-15-25-45-44-24-13-14-27-50(44)61-52(45)47)46-33-32-43(39-20-9-3-10-21-39)54-51(46)49-35-42(37-18-7-2-8-19-37)34-48(53(49)62-54)40-22-11-4-12-23-40/h1-35H. The molecule has 12 aromatic rings. The Morgan fingerprint density at radius 1 is 0.306 bits per heavy atom. The largest absolute Gasteiger partial charge is 0.455 e. The van der Waals surface area contributed by atoms with Crippen LogP contribution in [0.2, 0.25) is 0 Å². The van der Waals surface area contributed by atoms with Crippen LogP contribution in [-0.4, -0.2) is 15.0 Å². The Balaban J connectivity index is 1.16. The predicted molar refractivity (Wildman–Crippen MR) is 258 cm³/mol. The number of hydrogen-bond donors (Lipinski definition) is 0. The fourth-order valence-corrected chi connectivity index (χ4v) is 10.1. The molecule has 3 aromatic heterocycles. The van der Waals surface area contributed by atoms with E-state index in [0.717, 1.165) is 77.2 Å². The van der Waals surface area contributed by atoms with Crippen molar-refractivity contribution in [3.63, 3.8) is 0 Å². The van der Waals surface area contributed by atoms with E-state index in [2.05, 4.69) is 188 Å². The Bertz CT molecular complexity index is 3600. The van der Waals surface area contributed by atoms with Gasteiger partial charge in [-0.1, -0.05) is 182 Å². The number of para-hydroxylation sites is 2. The van der Waals surface area contributed by atoms with Crippen molar-refractivity contribution in [2.75, 3.05) is 0 Å². The molecule has 0 amide bonds. The number of benzene rings is 9. The van der Waals surface area contributed by atoms with Gasteiger partial charge in [0.05, 0.1) is 5.56 Å². The zero-order chi connectivity index (χ0) is 41.0. The van der Waals surface area contributed by atoms with Gasteiger partial charge in [-0.2, -0.15) is 0 Å². The van der Waals surface area contributed by atoms with E-state index in [4.69, 9.17) is 19.4 Å². The summed E-state index contributed by atoms with van der Waals surface area (Å²) in [6, 6.07) is 74.5. The van der Waals surface area contributed by atoms with E-state index >= 15 is 0 Å². The molecule has 0 radical (unpaired) electrons. The molecule has 62 heavy (non-hydrogen) atoms. The van der Waals surface area contributed by atoms with Gasteiger partial charge in [-0.25, -0.2) is 15.0 Å². The maximum atomic E-state index is 6.59. The first-order valence-electron chi connectivity index (χ1n) is 20.8. The second-order valence-corrected chi connectivity index (χ2v) is 16.5. The molecule has 0 fully saturated rings. The van der Waals surface area contributed by atoms with Crippen LogP contribution < -0.4 is 0 Å². The third-order valence-corrected chi connectivity index (χ3v) is 13.0. The number of thiophene rings is 1. The average Bonchev–Trinajstić information content (AvgIpc) is 3.94. The summed E-state index contributed by atoms with van der Waals surface area (Å²) in [5.41, 5.74) is 13.5. The minimum absolute atomic E-state index is 0.552. The van der Waals surface area contributed by atoms with Crippen molar-refractivity contribution in [1.82, 2.24) is 15.0 Å². The summed E-state index contributed by atoms with van der Waals surface area (Å²) in [6.45, 7) is 0. The van der Waals surface area contributed by atoms with Crippen LogP contribution in [0.3, 0.4) is 0 Å². The molecule has 0 atom stereocenters. The number of rotatable bonds is 7. The highest BCUT2D eigenvalue weighted by atomic mass is 32.1. The molecule has 0 bridgehead atoms. The van der Waals surface area contributed by atoms with Crippen LogP contribution in [0.1, 0.15) is 0 Å². The van der Waals surface area contributed by atoms with Gasteiger partial charge in [0.15, 0.2) is 17.5 Å². The number of hydrogen-bond acceptors (Lipinski definition) is 5. The van der Waals surface area contributed by atoms with E-state index in [0.29, 0.717) is 17.5 Å². The molecule has 3 heterocycles. The zero-order valence-electron chi connectivity index (χ0n) is 33.4. The van der Waals surface area contributed by atoms with Crippen LogP contribution in [0.4, 0.5) is 0 Å². The Labute approximate surface area is 362 Å². The van der Waals surface area contributed by atoms with E-state index in [9.17, 15) is 0 Å². The molecule has 0 unspecified atom stereocenters. The highest BCUT2D eigenvalue weighted by Gasteiger charge is 2.23. The van der Waals surface area contributed by atoms with Crippen molar-refractivity contribution >= 4 is 53.4 Å². The van der Waals surface area contributed by atoms with Crippen molar-refractivity contribution in [3.05, 3.63) is 212 Å². The number of nitrogens with zero attached hydrogens (tertiary/aromatic N) is 3. The molecule has 4 nitrogen and oxygen atoms in total. The Morgan fingerprint density at radius 3 is 1.52 bits per heavy atom. The maximum absolute atomic E-state index is 6.59. The first kappa shape index (κ1) is 35.9. The molecule has 0 saturated heterocycles. The van der Waals surface area contributed by atoms with Gasteiger partial charge in [-0.05, 0) is 69.3 Å². The fourth-order valence-electron chi connectivity index (χ4n) is 8.75. The van der Waals surface area contributed by atoms with Gasteiger partial charge in [0.2, 0.25) is 0 Å². The first-order chi connectivity index (χ1) is 30.7. The van der Waals surface area contributed by atoms with Crippen molar-refractivity contribution in [3.8, 4) is 78.7 Å². The minimum atomic E-state index is 0.552. The topological polar surface area (TPSA) is 51.8 Å². The van der Waals surface area contributed by atoms with Gasteiger partial charge in [-0.3, -0.25) is 0 Å². The molecule has 5 heteroatoms. The number of aromatic nitrogens is 3. The van der Waals surface area contributed by atoms with Gasteiger partial charge in [0.25, 0.3) is 0 Å². The molecule has 12 rings (SSSR count). The summed E-state index contributed by atoms with van der Waals surface area (Å²) in [6.07, 6.45) is 0. The second kappa shape index (κ2) is 14.9. The summed E-state index contributed by atoms with van der Waals surface area (Å²) in [5.74, 6) is 1.74. The third kappa shape index (κ3) is 6.18. The molecule has 9 aromatic carbocycles. The van der Waals surface area contributed by atoms with Crippen molar-refractivity contribution < 1.29 is 4.42 Å². The lowest BCUT2D eigenvalue weighted by molar-refractivity contribution is 0.669. The lowest BCUT2D eigenvalue weighted by Crippen LogP contribution is -2.01. The Kier molecular flexibility index (Phi) is 8.65. The smallest absolute Gasteiger partial charge is 0.167 e. The molecular formula is C57H35N3OS. The normalized spacial score (nSPS) is 11.5. The number of furan rings is 1. The van der Waals surface area contributed by atoms with Gasteiger partial charge in [-0.15, -0.1) is 11.3 Å². The summed E-state index contributed by atoms with van der Waals surface area (Å²) in [7, 11) is 0. The van der Waals surface area contributed by atoms with Crippen LogP contribution in [0, 0.1) is 0 Å². The molecule has 290 valence electrons. The van der Waals surface area contributed by atoms with Crippen LogP contribution in [0.15, 0.2) is 217 Å². The molecule has 0 N–H and O–H groups in total. The SMILES string of the molecule is c1ccc(-c2ccc(-c3nc(-c4cccc5c4oc4ccccc45)nc(-c4ccc(-c5ccccc5)c5sc6c(-c7ccccc7)cc(-c7ccccc7)cc6c45)n3)cc2)cc1. The van der Waals surface area contributed by atoms with Gasteiger partial charge in [0, 0.05) is 47.6 Å². The van der Waals surface area contributed by atoms with Crippen LogP contribution >= 0.6 is 11.3 Å². The first-order valence-corrected chi connectivity index (χ1v) is 21.6. The highest BCUT2D eigenvalue weighted by Crippen LogP contribution is 2.49. The second-order valence-electron chi connectivity index (χ2n) is 15.5. The van der Waals surface area contributed by atoms with E-state index in [-0.39, 0.29) is 0 Å². The molecular weight excluding hydrogens is 775 g/mol. The van der Waals surface area contributed by atoms with Gasteiger partial charge >= 0.3 is 0 Å². The third-order valence-electron chi connectivity index (χ3n) is 11.8. The van der Waals surface area contributed by atoms with Crippen LogP contribution in [0.5, 0.6) is 0 Å². The van der Waals surface area contributed by atoms with Gasteiger partial charge in [0.1, 0.15) is 11.2 Å². The molecule has 0 spiro atoms. The average molecular weight is 810 g/mol. The minimum Gasteiger partial charge on any atom is -0.455 e. The fraction of sp³-hybridized carbons (Fsp3) is 0. The van der Waals surface area contributed by atoms with E-state index in [1.807, 2.05) is 35.6 Å². The quantitative estimate of drug-likeness (QED) is 0.161. The lowest BCUT2D eigenvalue weighted by atomic mass is 9.93. The number of fused-ring (bicyclic) bond motifs is 6.